The lowest BCUT2D eigenvalue weighted by atomic mass is 10.1. The van der Waals surface area contributed by atoms with Crippen LogP contribution in [0.25, 0.3) is 11.3 Å². The Hall–Kier alpha value is -2.89. The molecule has 1 N–H and O–H groups in total. The van der Waals surface area contributed by atoms with Crippen molar-refractivity contribution in [2.45, 2.75) is 13.0 Å². The van der Waals surface area contributed by atoms with Crippen molar-refractivity contribution in [3.63, 3.8) is 0 Å². The second kappa shape index (κ2) is 6.91. The van der Waals surface area contributed by atoms with Crippen LogP contribution < -0.4 is 5.32 Å². The van der Waals surface area contributed by atoms with Gasteiger partial charge in [0, 0.05) is 25.5 Å². The molecule has 0 saturated carbocycles. The zero-order chi connectivity index (χ0) is 16.1. The highest BCUT2D eigenvalue weighted by Gasteiger charge is 2.13. The Balaban J connectivity index is 1.55. The fourth-order valence-corrected chi connectivity index (χ4v) is 2.24. The van der Waals surface area contributed by atoms with Gasteiger partial charge in [0.05, 0.1) is 11.9 Å². The zero-order valence-corrected chi connectivity index (χ0v) is 12.4. The summed E-state index contributed by atoms with van der Waals surface area (Å²) in [7, 11) is 0. The highest BCUT2D eigenvalue weighted by Crippen LogP contribution is 2.24. The van der Waals surface area contributed by atoms with Crippen LogP contribution in [0.3, 0.4) is 0 Å². The lowest BCUT2D eigenvalue weighted by Gasteiger charge is -2.04. The summed E-state index contributed by atoms with van der Waals surface area (Å²) in [5, 5.41) is 2.78. The maximum absolute atomic E-state index is 13.7. The minimum Gasteiger partial charge on any atom is -0.451 e. The van der Waals surface area contributed by atoms with Crippen LogP contribution in [0.5, 0.6) is 0 Å². The summed E-state index contributed by atoms with van der Waals surface area (Å²) in [4.78, 5) is 16.0. The van der Waals surface area contributed by atoms with Gasteiger partial charge in [-0.1, -0.05) is 12.1 Å². The number of amides is 1. The molecule has 5 nitrogen and oxygen atoms in total. The number of benzene rings is 1. The molecule has 0 aliphatic heterocycles. The predicted octanol–water partition coefficient (Wildman–Crippen LogP) is 3.10. The Morgan fingerprint density at radius 3 is 2.91 bits per heavy atom. The first-order valence-electron chi connectivity index (χ1n) is 7.33. The fraction of sp³-hybridized carbons (Fsp3) is 0.176. The van der Waals surface area contributed by atoms with E-state index in [-0.39, 0.29) is 17.5 Å². The first-order chi connectivity index (χ1) is 11.2. The van der Waals surface area contributed by atoms with Crippen molar-refractivity contribution in [3.8, 4) is 11.3 Å². The predicted molar refractivity (Wildman–Crippen MR) is 83.3 cm³/mol. The standard InChI is InChI=1S/C17H16FN3O2/c18-14-5-2-1-4-13(14)15-6-7-16(23-15)17(22)20-8-3-10-21-11-9-19-12-21/h1-2,4-7,9,11-12H,3,8,10H2,(H,20,22). The van der Waals surface area contributed by atoms with E-state index in [0.29, 0.717) is 17.9 Å². The van der Waals surface area contributed by atoms with Crippen molar-refractivity contribution in [1.82, 2.24) is 14.9 Å². The van der Waals surface area contributed by atoms with Gasteiger partial charge in [0.1, 0.15) is 11.6 Å². The van der Waals surface area contributed by atoms with Crippen LogP contribution in [-0.2, 0) is 6.54 Å². The number of imidazole rings is 1. The van der Waals surface area contributed by atoms with Gasteiger partial charge in [0.15, 0.2) is 5.76 Å². The van der Waals surface area contributed by atoms with Gasteiger partial charge >= 0.3 is 0 Å². The molecule has 0 fully saturated rings. The van der Waals surface area contributed by atoms with Crippen LogP contribution >= 0.6 is 0 Å². The molecule has 3 rings (SSSR count). The van der Waals surface area contributed by atoms with E-state index in [2.05, 4.69) is 10.3 Å². The smallest absolute Gasteiger partial charge is 0.287 e. The van der Waals surface area contributed by atoms with E-state index in [1.807, 2.05) is 10.8 Å². The number of carbonyl (C=O) groups excluding carboxylic acids is 1. The molecule has 0 unspecified atom stereocenters. The molecule has 0 saturated heterocycles. The first-order valence-corrected chi connectivity index (χ1v) is 7.33. The molecule has 1 aromatic carbocycles. The monoisotopic (exact) mass is 313 g/mol. The molecule has 0 bridgehead atoms. The van der Waals surface area contributed by atoms with Crippen molar-refractivity contribution >= 4 is 5.91 Å². The molecule has 0 aliphatic rings. The SMILES string of the molecule is O=C(NCCCn1ccnc1)c1ccc(-c2ccccc2F)o1. The molecule has 2 aromatic heterocycles. The number of halogens is 1. The molecule has 1 amide bonds. The number of aryl methyl sites for hydroxylation is 1. The third-order valence-corrected chi connectivity index (χ3v) is 3.41. The van der Waals surface area contributed by atoms with Crippen LogP contribution in [0.15, 0.2) is 59.5 Å². The van der Waals surface area contributed by atoms with E-state index in [1.165, 1.54) is 6.07 Å². The lowest BCUT2D eigenvalue weighted by molar-refractivity contribution is 0.0926. The minimum absolute atomic E-state index is 0.172. The van der Waals surface area contributed by atoms with E-state index < -0.39 is 0 Å². The average molecular weight is 313 g/mol. The normalized spacial score (nSPS) is 10.7. The quantitative estimate of drug-likeness (QED) is 0.711. The number of hydrogen-bond acceptors (Lipinski definition) is 3. The number of aromatic nitrogens is 2. The summed E-state index contributed by atoms with van der Waals surface area (Å²) in [5.74, 6) is -0.176. The van der Waals surface area contributed by atoms with Gasteiger partial charge in [-0.05, 0) is 30.7 Å². The van der Waals surface area contributed by atoms with E-state index >= 15 is 0 Å². The lowest BCUT2D eigenvalue weighted by Crippen LogP contribution is -2.24. The molecule has 2 heterocycles. The molecule has 0 radical (unpaired) electrons. The van der Waals surface area contributed by atoms with Gasteiger partial charge in [-0.25, -0.2) is 9.37 Å². The van der Waals surface area contributed by atoms with Crippen molar-refractivity contribution in [2.24, 2.45) is 0 Å². The van der Waals surface area contributed by atoms with Gasteiger partial charge in [-0.15, -0.1) is 0 Å². The third-order valence-electron chi connectivity index (χ3n) is 3.41. The van der Waals surface area contributed by atoms with Crippen molar-refractivity contribution in [1.29, 1.82) is 0 Å². The number of hydrogen-bond donors (Lipinski definition) is 1. The van der Waals surface area contributed by atoms with Crippen LogP contribution in [0.2, 0.25) is 0 Å². The van der Waals surface area contributed by atoms with E-state index in [4.69, 9.17) is 4.42 Å². The topological polar surface area (TPSA) is 60.1 Å². The zero-order valence-electron chi connectivity index (χ0n) is 12.4. The van der Waals surface area contributed by atoms with Gasteiger partial charge in [0.2, 0.25) is 0 Å². The summed E-state index contributed by atoms with van der Waals surface area (Å²) in [6.45, 7) is 1.30. The second-order valence-corrected chi connectivity index (χ2v) is 5.05. The van der Waals surface area contributed by atoms with Crippen LogP contribution in [-0.4, -0.2) is 22.0 Å². The van der Waals surface area contributed by atoms with Crippen molar-refractivity contribution < 1.29 is 13.6 Å². The van der Waals surface area contributed by atoms with Gasteiger partial charge in [-0.2, -0.15) is 0 Å². The fourth-order valence-electron chi connectivity index (χ4n) is 2.24. The third kappa shape index (κ3) is 3.66. The molecule has 0 aliphatic carbocycles. The summed E-state index contributed by atoms with van der Waals surface area (Å²) >= 11 is 0. The van der Waals surface area contributed by atoms with Crippen molar-refractivity contribution in [2.75, 3.05) is 6.54 Å². The largest absolute Gasteiger partial charge is 0.451 e. The summed E-state index contributed by atoms with van der Waals surface area (Å²) in [6.07, 6.45) is 6.10. The van der Waals surface area contributed by atoms with Crippen LogP contribution in [0.4, 0.5) is 4.39 Å². The molecule has 3 aromatic rings. The molecular weight excluding hydrogens is 297 g/mol. The number of nitrogens with one attached hydrogen (secondary N) is 1. The molecule has 23 heavy (non-hydrogen) atoms. The van der Waals surface area contributed by atoms with Crippen molar-refractivity contribution in [3.05, 3.63) is 66.7 Å². The maximum atomic E-state index is 13.7. The van der Waals surface area contributed by atoms with E-state index in [9.17, 15) is 9.18 Å². The van der Waals surface area contributed by atoms with Crippen LogP contribution in [0, 0.1) is 5.82 Å². The van der Waals surface area contributed by atoms with Crippen LogP contribution in [0.1, 0.15) is 17.0 Å². The second-order valence-electron chi connectivity index (χ2n) is 5.05. The first kappa shape index (κ1) is 15.0. The summed E-state index contributed by atoms with van der Waals surface area (Å²) in [5.41, 5.74) is 0.339. The molecule has 0 spiro atoms. The van der Waals surface area contributed by atoms with E-state index in [1.54, 1.807) is 42.9 Å². The number of furan rings is 1. The average Bonchev–Trinajstić information content (AvgIpc) is 3.23. The Kier molecular flexibility index (Phi) is 4.52. The number of rotatable bonds is 6. The highest BCUT2D eigenvalue weighted by molar-refractivity contribution is 5.92. The summed E-state index contributed by atoms with van der Waals surface area (Å²) in [6, 6.07) is 9.44. The summed E-state index contributed by atoms with van der Waals surface area (Å²) < 4.78 is 21.1. The number of carbonyl (C=O) groups is 1. The molecule has 6 heteroatoms. The molecule has 0 atom stereocenters. The minimum atomic E-state index is -0.380. The van der Waals surface area contributed by atoms with Gasteiger partial charge in [-0.3, -0.25) is 4.79 Å². The molecule has 118 valence electrons. The van der Waals surface area contributed by atoms with E-state index in [0.717, 1.165) is 13.0 Å². The Bertz CT molecular complexity index is 781. The Labute approximate surface area is 132 Å². The highest BCUT2D eigenvalue weighted by atomic mass is 19.1. The Morgan fingerprint density at radius 1 is 1.26 bits per heavy atom. The maximum Gasteiger partial charge on any atom is 0.287 e. The van der Waals surface area contributed by atoms with Gasteiger partial charge < -0.3 is 14.3 Å². The van der Waals surface area contributed by atoms with Gasteiger partial charge in [0.25, 0.3) is 5.91 Å². The number of nitrogens with zero attached hydrogens (tertiary/aromatic N) is 2. The Morgan fingerprint density at radius 2 is 2.13 bits per heavy atom. The molecular formula is C17H16FN3O2.